The van der Waals surface area contributed by atoms with Gasteiger partial charge < -0.3 is 9.32 Å². The van der Waals surface area contributed by atoms with Crippen LogP contribution in [0, 0.1) is 6.92 Å². The number of hydrogen-bond donors (Lipinski definition) is 0. The van der Waals surface area contributed by atoms with E-state index in [0.717, 1.165) is 12.8 Å². The lowest BCUT2D eigenvalue weighted by molar-refractivity contribution is 0.0634. The lowest BCUT2D eigenvalue weighted by Gasteiger charge is -2.29. The SMILES string of the molecule is Cc1ccccc1CN(C(=O)c1ccco1)[C@H](C)CCc1ccccc1. The Morgan fingerprint density at radius 2 is 1.73 bits per heavy atom. The van der Waals surface area contributed by atoms with Gasteiger partial charge in [0.05, 0.1) is 6.26 Å². The third kappa shape index (κ3) is 4.42. The minimum Gasteiger partial charge on any atom is -0.459 e. The van der Waals surface area contributed by atoms with Gasteiger partial charge in [-0.3, -0.25) is 4.79 Å². The molecule has 1 heterocycles. The average molecular weight is 347 g/mol. The van der Waals surface area contributed by atoms with Crippen molar-refractivity contribution >= 4 is 5.91 Å². The lowest BCUT2D eigenvalue weighted by Crippen LogP contribution is -2.38. The molecule has 134 valence electrons. The first-order chi connectivity index (χ1) is 12.6. The molecule has 3 rings (SSSR count). The van der Waals surface area contributed by atoms with Gasteiger partial charge in [0, 0.05) is 12.6 Å². The number of carbonyl (C=O) groups excluding carboxylic acids is 1. The van der Waals surface area contributed by atoms with E-state index in [-0.39, 0.29) is 11.9 Å². The molecule has 3 aromatic rings. The Morgan fingerprint density at radius 3 is 2.42 bits per heavy atom. The Hall–Kier alpha value is -2.81. The van der Waals surface area contributed by atoms with Gasteiger partial charge in [0.25, 0.3) is 5.91 Å². The van der Waals surface area contributed by atoms with Crippen LogP contribution >= 0.6 is 0 Å². The average Bonchev–Trinajstić information content (AvgIpc) is 3.20. The van der Waals surface area contributed by atoms with Crippen LogP contribution in [0.2, 0.25) is 0 Å². The number of nitrogens with zero attached hydrogens (tertiary/aromatic N) is 1. The Labute approximate surface area is 155 Å². The molecule has 0 saturated heterocycles. The molecule has 3 nitrogen and oxygen atoms in total. The predicted octanol–water partition coefficient (Wildman–Crippen LogP) is 5.25. The molecule has 0 saturated carbocycles. The van der Waals surface area contributed by atoms with Crippen LogP contribution < -0.4 is 0 Å². The monoisotopic (exact) mass is 347 g/mol. The summed E-state index contributed by atoms with van der Waals surface area (Å²) >= 11 is 0. The summed E-state index contributed by atoms with van der Waals surface area (Å²) in [7, 11) is 0. The van der Waals surface area contributed by atoms with Crippen molar-refractivity contribution in [2.24, 2.45) is 0 Å². The maximum absolute atomic E-state index is 13.0. The summed E-state index contributed by atoms with van der Waals surface area (Å²) in [5.74, 6) is 0.337. The number of carbonyl (C=O) groups is 1. The molecule has 0 unspecified atom stereocenters. The van der Waals surface area contributed by atoms with E-state index in [1.165, 1.54) is 16.7 Å². The highest BCUT2D eigenvalue weighted by atomic mass is 16.3. The van der Waals surface area contributed by atoms with Crippen molar-refractivity contribution in [2.45, 2.75) is 39.3 Å². The molecular weight excluding hydrogens is 322 g/mol. The first kappa shape index (κ1) is 18.0. The number of hydrogen-bond acceptors (Lipinski definition) is 2. The highest BCUT2D eigenvalue weighted by molar-refractivity contribution is 5.91. The van der Waals surface area contributed by atoms with Crippen LogP contribution in [0.15, 0.2) is 77.4 Å². The summed E-state index contributed by atoms with van der Waals surface area (Å²) in [4.78, 5) is 14.9. The molecule has 2 aromatic carbocycles. The number of amides is 1. The van der Waals surface area contributed by atoms with E-state index < -0.39 is 0 Å². The van der Waals surface area contributed by atoms with E-state index in [9.17, 15) is 4.79 Å². The Balaban J connectivity index is 1.77. The largest absolute Gasteiger partial charge is 0.459 e. The molecular formula is C23H25NO2. The van der Waals surface area contributed by atoms with Crippen LogP contribution in [0.1, 0.15) is 40.6 Å². The summed E-state index contributed by atoms with van der Waals surface area (Å²) in [6.45, 7) is 4.78. The third-order valence-corrected chi connectivity index (χ3v) is 4.82. The van der Waals surface area contributed by atoms with Crippen LogP contribution in [0.5, 0.6) is 0 Å². The number of furan rings is 1. The van der Waals surface area contributed by atoms with Crippen LogP contribution in [-0.4, -0.2) is 16.8 Å². The van der Waals surface area contributed by atoms with Gasteiger partial charge in [-0.1, -0.05) is 54.6 Å². The van der Waals surface area contributed by atoms with E-state index >= 15 is 0 Å². The summed E-state index contributed by atoms with van der Waals surface area (Å²) in [6, 6.07) is 22.2. The zero-order valence-electron chi connectivity index (χ0n) is 15.4. The van der Waals surface area contributed by atoms with Gasteiger partial charge >= 0.3 is 0 Å². The molecule has 1 atom stereocenters. The van der Waals surface area contributed by atoms with Crippen LogP contribution in [0.25, 0.3) is 0 Å². The highest BCUT2D eigenvalue weighted by Gasteiger charge is 2.24. The smallest absolute Gasteiger partial charge is 0.290 e. The van der Waals surface area contributed by atoms with E-state index in [0.29, 0.717) is 12.3 Å². The highest BCUT2D eigenvalue weighted by Crippen LogP contribution is 2.19. The summed E-state index contributed by atoms with van der Waals surface area (Å²) in [5, 5.41) is 0. The molecule has 0 fully saturated rings. The Kier molecular flexibility index (Phi) is 5.90. The predicted molar refractivity (Wildman–Crippen MR) is 104 cm³/mol. The normalized spacial score (nSPS) is 11.9. The molecule has 0 aliphatic carbocycles. The molecule has 0 aliphatic rings. The first-order valence-corrected chi connectivity index (χ1v) is 9.08. The molecule has 3 heteroatoms. The van der Waals surface area contributed by atoms with E-state index in [2.05, 4.69) is 50.2 Å². The molecule has 0 bridgehead atoms. The topological polar surface area (TPSA) is 33.5 Å². The number of aryl methyl sites for hydroxylation is 2. The van der Waals surface area contributed by atoms with Gasteiger partial charge in [-0.15, -0.1) is 0 Å². The molecule has 0 aliphatic heterocycles. The quantitative estimate of drug-likeness (QED) is 0.585. The first-order valence-electron chi connectivity index (χ1n) is 9.08. The minimum atomic E-state index is -0.0567. The summed E-state index contributed by atoms with van der Waals surface area (Å²) in [5.41, 5.74) is 3.65. The Morgan fingerprint density at radius 1 is 1.00 bits per heavy atom. The molecule has 0 spiro atoms. The van der Waals surface area contributed by atoms with Crippen LogP contribution in [0.3, 0.4) is 0 Å². The fraction of sp³-hybridized carbons (Fsp3) is 0.261. The third-order valence-electron chi connectivity index (χ3n) is 4.82. The van der Waals surface area contributed by atoms with Gasteiger partial charge in [-0.25, -0.2) is 0 Å². The maximum atomic E-state index is 13.0. The zero-order chi connectivity index (χ0) is 18.4. The van der Waals surface area contributed by atoms with Crippen LogP contribution in [-0.2, 0) is 13.0 Å². The van der Waals surface area contributed by atoms with Crippen LogP contribution in [0.4, 0.5) is 0 Å². The lowest BCUT2D eigenvalue weighted by atomic mass is 10.0. The van der Waals surface area contributed by atoms with Crippen molar-refractivity contribution in [3.63, 3.8) is 0 Å². The van der Waals surface area contributed by atoms with Crippen molar-refractivity contribution in [1.29, 1.82) is 0 Å². The summed E-state index contributed by atoms with van der Waals surface area (Å²) < 4.78 is 5.37. The summed E-state index contributed by atoms with van der Waals surface area (Å²) in [6.07, 6.45) is 3.40. The van der Waals surface area contributed by atoms with Gasteiger partial charge in [0.15, 0.2) is 5.76 Å². The molecule has 0 radical (unpaired) electrons. The second-order valence-corrected chi connectivity index (χ2v) is 6.71. The van der Waals surface area contributed by atoms with Gasteiger partial charge in [0.1, 0.15) is 0 Å². The van der Waals surface area contributed by atoms with E-state index in [4.69, 9.17) is 4.42 Å². The zero-order valence-corrected chi connectivity index (χ0v) is 15.4. The second-order valence-electron chi connectivity index (χ2n) is 6.71. The van der Waals surface area contributed by atoms with Crippen molar-refractivity contribution < 1.29 is 9.21 Å². The van der Waals surface area contributed by atoms with Gasteiger partial charge in [-0.2, -0.15) is 0 Å². The van der Waals surface area contributed by atoms with Crippen molar-refractivity contribution in [1.82, 2.24) is 4.90 Å². The van der Waals surface area contributed by atoms with Crippen molar-refractivity contribution in [3.05, 3.63) is 95.4 Å². The number of rotatable bonds is 7. The van der Waals surface area contributed by atoms with Gasteiger partial charge in [0.2, 0.25) is 0 Å². The van der Waals surface area contributed by atoms with Crippen molar-refractivity contribution in [3.8, 4) is 0 Å². The molecule has 26 heavy (non-hydrogen) atoms. The molecule has 1 aromatic heterocycles. The van der Waals surface area contributed by atoms with Gasteiger partial charge in [-0.05, 0) is 55.5 Å². The number of benzene rings is 2. The Bertz CT molecular complexity index is 824. The molecule has 1 amide bonds. The standard InChI is InChI=1S/C23H25NO2/c1-18-9-6-7-12-21(18)17-24(23(25)22-13-8-16-26-22)19(2)14-15-20-10-4-3-5-11-20/h3-13,16,19H,14-15,17H2,1-2H3/t19-/m1/s1. The van der Waals surface area contributed by atoms with E-state index in [1.807, 2.05) is 23.1 Å². The fourth-order valence-electron chi connectivity index (χ4n) is 3.12. The minimum absolute atomic E-state index is 0.0567. The van der Waals surface area contributed by atoms with E-state index in [1.54, 1.807) is 18.4 Å². The molecule has 0 N–H and O–H groups in total. The second kappa shape index (κ2) is 8.52. The fourth-order valence-corrected chi connectivity index (χ4v) is 3.12. The van der Waals surface area contributed by atoms with Crippen molar-refractivity contribution in [2.75, 3.05) is 0 Å². The maximum Gasteiger partial charge on any atom is 0.290 e.